The fourth-order valence-electron chi connectivity index (χ4n) is 1.38. The molecule has 4 heteroatoms. The number of anilines is 2. The van der Waals surface area contributed by atoms with Crippen LogP contribution in [0, 0.1) is 0 Å². The van der Waals surface area contributed by atoms with Crippen LogP contribution in [-0.2, 0) is 0 Å². The molecular formula is C12H13AsN2O. The summed E-state index contributed by atoms with van der Waals surface area (Å²) < 4.78 is 12.2. The molecule has 0 heterocycles. The summed E-state index contributed by atoms with van der Waals surface area (Å²) >= 11 is -2.14. The molecule has 0 aliphatic heterocycles. The van der Waals surface area contributed by atoms with Gasteiger partial charge in [-0.15, -0.1) is 0 Å². The summed E-state index contributed by atoms with van der Waals surface area (Å²) in [5, 5.41) is 0. The van der Waals surface area contributed by atoms with Gasteiger partial charge in [-0.2, -0.15) is 0 Å². The molecule has 0 aliphatic carbocycles. The van der Waals surface area contributed by atoms with Gasteiger partial charge in [-0.1, -0.05) is 0 Å². The second-order valence-electron chi connectivity index (χ2n) is 3.49. The van der Waals surface area contributed by atoms with E-state index in [-0.39, 0.29) is 0 Å². The van der Waals surface area contributed by atoms with E-state index in [1.807, 2.05) is 48.5 Å². The molecular weight excluding hydrogens is 263 g/mol. The van der Waals surface area contributed by atoms with Crippen LogP contribution in [0.3, 0.4) is 0 Å². The number of nitrogens with two attached hydrogens (primary N) is 2. The third kappa shape index (κ3) is 2.38. The van der Waals surface area contributed by atoms with Gasteiger partial charge in [0.25, 0.3) is 0 Å². The number of rotatable bonds is 2. The maximum absolute atomic E-state index is 10.2. The van der Waals surface area contributed by atoms with Crippen molar-refractivity contribution in [2.45, 2.75) is 0 Å². The van der Waals surface area contributed by atoms with Crippen molar-refractivity contribution in [2.75, 3.05) is 11.5 Å². The molecule has 5 N–H and O–H groups in total. The van der Waals surface area contributed by atoms with Crippen LogP contribution in [0.1, 0.15) is 0 Å². The van der Waals surface area contributed by atoms with E-state index in [9.17, 15) is 4.10 Å². The summed E-state index contributed by atoms with van der Waals surface area (Å²) in [6, 6.07) is 14.8. The minimum absolute atomic E-state index is 0.712. The van der Waals surface area contributed by atoms with Crippen molar-refractivity contribution in [2.24, 2.45) is 0 Å². The molecule has 0 atom stereocenters. The molecule has 0 unspecified atom stereocenters. The van der Waals surface area contributed by atoms with Gasteiger partial charge in [0, 0.05) is 0 Å². The first-order valence-electron chi connectivity index (χ1n) is 4.87. The molecule has 0 aromatic heterocycles. The summed E-state index contributed by atoms with van der Waals surface area (Å²) in [4.78, 5) is 0. The van der Waals surface area contributed by atoms with Gasteiger partial charge in [0.05, 0.1) is 0 Å². The average Bonchev–Trinajstić information content (AvgIpc) is 2.30. The summed E-state index contributed by atoms with van der Waals surface area (Å²) in [6.45, 7) is 0. The molecule has 0 fully saturated rings. The maximum atomic E-state index is 10.2. The minimum atomic E-state index is -2.14. The van der Waals surface area contributed by atoms with Crippen molar-refractivity contribution >= 4 is 35.1 Å². The predicted octanol–water partition coefficient (Wildman–Crippen LogP) is -0.0510. The van der Waals surface area contributed by atoms with E-state index in [0.717, 1.165) is 8.70 Å². The van der Waals surface area contributed by atoms with Gasteiger partial charge < -0.3 is 0 Å². The predicted molar refractivity (Wildman–Crippen MR) is 68.9 cm³/mol. The van der Waals surface area contributed by atoms with Crippen molar-refractivity contribution < 1.29 is 4.10 Å². The van der Waals surface area contributed by atoms with Gasteiger partial charge in [0.2, 0.25) is 0 Å². The second kappa shape index (κ2) is 4.60. The van der Waals surface area contributed by atoms with Crippen LogP contribution in [0.2, 0.25) is 0 Å². The molecule has 0 bridgehead atoms. The van der Waals surface area contributed by atoms with E-state index in [2.05, 4.69) is 0 Å². The van der Waals surface area contributed by atoms with E-state index >= 15 is 0 Å². The van der Waals surface area contributed by atoms with Gasteiger partial charge in [0.1, 0.15) is 0 Å². The molecule has 2 aromatic carbocycles. The zero-order chi connectivity index (χ0) is 11.5. The molecule has 2 aromatic rings. The van der Waals surface area contributed by atoms with E-state index in [1.54, 1.807) is 0 Å². The summed E-state index contributed by atoms with van der Waals surface area (Å²) in [5.74, 6) is 0. The van der Waals surface area contributed by atoms with Crippen molar-refractivity contribution in [3.63, 3.8) is 0 Å². The van der Waals surface area contributed by atoms with Crippen LogP contribution in [0.25, 0.3) is 0 Å². The van der Waals surface area contributed by atoms with Crippen LogP contribution in [-0.4, -0.2) is 19.1 Å². The van der Waals surface area contributed by atoms with Crippen LogP contribution >= 0.6 is 0 Å². The third-order valence-electron chi connectivity index (χ3n) is 2.28. The Hall–Kier alpha value is -1.44. The molecule has 0 spiro atoms. The third-order valence-corrected chi connectivity index (χ3v) is 5.58. The zero-order valence-corrected chi connectivity index (χ0v) is 10.5. The fourth-order valence-corrected chi connectivity index (χ4v) is 3.82. The molecule has 3 nitrogen and oxygen atoms in total. The van der Waals surface area contributed by atoms with Crippen LogP contribution in [0.15, 0.2) is 48.5 Å². The molecule has 2 rings (SSSR count). The van der Waals surface area contributed by atoms with Crippen molar-refractivity contribution in [1.29, 1.82) is 0 Å². The van der Waals surface area contributed by atoms with E-state index in [4.69, 9.17) is 11.5 Å². The quantitative estimate of drug-likeness (QED) is 0.532. The Kier molecular flexibility index (Phi) is 3.18. The first kappa shape index (κ1) is 11.1. The molecule has 16 heavy (non-hydrogen) atoms. The first-order chi connectivity index (χ1) is 7.66. The van der Waals surface area contributed by atoms with Crippen LogP contribution < -0.4 is 20.2 Å². The van der Waals surface area contributed by atoms with Crippen molar-refractivity contribution in [3.8, 4) is 0 Å². The molecule has 0 amide bonds. The second-order valence-corrected chi connectivity index (χ2v) is 6.97. The Labute approximate surface area is 99.3 Å². The molecule has 0 saturated carbocycles. The SMILES string of the molecule is Nc1ccc([As](O)c2ccc(N)cc2)cc1. The monoisotopic (exact) mass is 276 g/mol. The van der Waals surface area contributed by atoms with E-state index in [1.165, 1.54) is 0 Å². The first-order valence-corrected chi connectivity index (χ1v) is 7.58. The Morgan fingerprint density at radius 3 is 1.31 bits per heavy atom. The Balaban J connectivity index is 2.28. The van der Waals surface area contributed by atoms with Crippen molar-refractivity contribution in [1.82, 2.24) is 0 Å². The zero-order valence-electron chi connectivity index (χ0n) is 8.67. The molecule has 0 aliphatic rings. The van der Waals surface area contributed by atoms with Gasteiger partial charge in [0.15, 0.2) is 0 Å². The standard InChI is InChI=1S/C12H13AsN2O/c14-11-5-1-9(2-6-11)13(16)10-3-7-12(15)8-4-10/h1-8,16H,14-15H2. The summed E-state index contributed by atoms with van der Waals surface area (Å²) in [5.41, 5.74) is 12.6. The Morgan fingerprint density at radius 2 is 1.00 bits per heavy atom. The van der Waals surface area contributed by atoms with Crippen LogP contribution in [0.4, 0.5) is 11.4 Å². The van der Waals surface area contributed by atoms with Gasteiger partial charge in [-0.05, 0) is 0 Å². The number of nitrogen functional groups attached to an aromatic ring is 2. The Morgan fingerprint density at radius 1 is 0.688 bits per heavy atom. The summed E-state index contributed by atoms with van der Waals surface area (Å²) in [7, 11) is 0. The fraction of sp³-hybridized carbons (Fsp3) is 0. The van der Waals surface area contributed by atoms with Crippen molar-refractivity contribution in [3.05, 3.63) is 48.5 Å². The number of hydrogen-bond donors (Lipinski definition) is 3. The summed E-state index contributed by atoms with van der Waals surface area (Å²) in [6.07, 6.45) is 0. The molecule has 82 valence electrons. The number of hydrogen-bond acceptors (Lipinski definition) is 3. The molecule has 0 radical (unpaired) electrons. The Bertz CT molecular complexity index is 422. The van der Waals surface area contributed by atoms with E-state index in [0.29, 0.717) is 11.4 Å². The van der Waals surface area contributed by atoms with Gasteiger partial charge in [-0.3, -0.25) is 0 Å². The van der Waals surface area contributed by atoms with Gasteiger partial charge in [-0.25, -0.2) is 0 Å². The topological polar surface area (TPSA) is 72.3 Å². The average molecular weight is 276 g/mol. The van der Waals surface area contributed by atoms with Gasteiger partial charge >= 0.3 is 99.2 Å². The van der Waals surface area contributed by atoms with Crippen LogP contribution in [0.5, 0.6) is 0 Å². The van der Waals surface area contributed by atoms with E-state index < -0.39 is 15.0 Å². The number of benzene rings is 2. The molecule has 0 saturated heterocycles. The normalized spacial score (nSPS) is 10.6.